The molecule has 0 fully saturated rings. The maximum Gasteiger partial charge on any atom is 0.150 e. The van der Waals surface area contributed by atoms with Gasteiger partial charge < -0.3 is 21.3 Å². The van der Waals surface area contributed by atoms with Gasteiger partial charge in [0, 0.05) is 58.8 Å². The molecule has 0 aliphatic rings. The number of phenolic OH excluding ortho intramolecular Hbond substituents is 2. The minimum absolute atomic E-state index is 0.00422. The standard InChI is InChI=1S/C21H13Cl3FN3O.C9H7NO.C7H4ClFO.C5H4Cl2N2/c22-14-6-4-12(8-17(14)25)19(28-18-9-15(23)16(24)10-27-18)13-5-3-11-2-1-7-26-20(11)21(13)29;11-8-5-1-3-7-4-2-6-10-9(7)8;8-6-2-1-5(4-10)3-7(6)9;6-3-1-5(8)9-2-4(3)7/h1-10,19,29H,(H,27,28);1-6,11H;1-4H;1-2H,(H2,8,9). The van der Waals surface area contributed by atoms with Crippen LogP contribution in [-0.2, 0) is 0 Å². The number of aromatic hydroxyl groups is 2. The van der Waals surface area contributed by atoms with E-state index in [4.69, 9.17) is 75.3 Å². The van der Waals surface area contributed by atoms with Crippen LogP contribution in [0.5, 0.6) is 11.5 Å². The monoisotopic (exact) mass is 912 g/mol. The molecular formula is C42H28Cl6F2N6O3. The Balaban J connectivity index is 0.000000179. The van der Waals surface area contributed by atoms with Gasteiger partial charge in [0.05, 0.1) is 36.2 Å². The normalized spacial score (nSPS) is 10.9. The number of hydrogen-bond acceptors (Lipinski definition) is 9. The van der Waals surface area contributed by atoms with Crippen molar-refractivity contribution in [2.75, 3.05) is 11.1 Å². The second-order valence-corrected chi connectivity index (χ2v) is 14.4. The molecule has 4 aromatic carbocycles. The Bertz CT molecular complexity index is 2750. The number of para-hydroxylation sites is 1. The number of aromatic nitrogens is 4. The number of carbonyl (C=O) groups is 1. The number of nitrogens with one attached hydrogen (secondary N) is 1. The van der Waals surface area contributed by atoms with Crippen LogP contribution in [0.15, 0.2) is 128 Å². The first-order chi connectivity index (χ1) is 28.2. The summed E-state index contributed by atoms with van der Waals surface area (Å²) in [5.74, 6) is -0.133. The quantitative estimate of drug-likeness (QED) is 0.124. The molecule has 1 atom stereocenters. The van der Waals surface area contributed by atoms with E-state index >= 15 is 0 Å². The lowest BCUT2D eigenvalue weighted by Crippen LogP contribution is -2.14. The first-order valence-electron chi connectivity index (χ1n) is 16.8. The number of hydrogen-bond donors (Lipinski definition) is 4. The van der Waals surface area contributed by atoms with Crippen LogP contribution in [0.25, 0.3) is 21.8 Å². The van der Waals surface area contributed by atoms with Crippen LogP contribution in [0.2, 0.25) is 30.1 Å². The molecule has 8 rings (SSSR count). The predicted octanol–water partition coefficient (Wildman–Crippen LogP) is 12.8. The van der Waals surface area contributed by atoms with Crippen LogP contribution < -0.4 is 11.1 Å². The number of nitrogens with zero attached hydrogens (tertiary/aromatic N) is 4. The van der Waals surface area contributed by atoms with Gasteiger partial charge in [0.25, 0.3) is 0 Å². The molecule has 5 N–H and O–H groups in total. The minimum Gasteiger partial charge on any atom is -0.506 e. The second-order valence-electron chi connectivity index (χ2n) is 12.0. The number of halogens is 8. The molecule has 0 saturated carbocycles. The largest absolute Gasteiger partial charge is 0.506 e. The van der Waals surface area contributed by atoms with Crippen molar-refractivity contribution in [3.8, 4) is 11.5 Å². The molecule has 0 bridgehead atoms. The maximum atomic E-state index is 14.2. The van der Waals surface area contributed by atoms with E-state index in [1.54, 1.807) is 48.8 Å². The molecule has 0 aliphatic heterocycles. The van der Waals surface area contributed by atoms with E-state index in [0.717, 1.165) is 16.8 Å². The summed E-state index contributed by atoms with van der Waals surface area (Å²) in [6, 6.07) is 27.1. The van der Waals surface area contributed by atoms with Gasteiger partial charge in [-0.15, -0.1) is 0 Å². The number of phenols is 2. The molecule has 0 amide bonds. The molecule has 8 aromatic rings. The fourth-order valence-corrected chi connectivity index (χ4v) is 5.91. The van der Waals surface area contributed by atoms with E-state index in [9.17, 15) is 23.8 Å². The Hall–Kier alpha value is -5.53. The van der Waals surface area contributed by atoms with Crippen LogP contribution in [-0.4, -0.2) is 36.4 Å². The van der Waals surface area contributed by atoms with E-state index in [0.29, 0.717) is 65.7 Å². The third kappa shape index (κ3) is 12.0. The van der Waals surface area contributed by atoms with Gasteiger partial charge in [0.15, 0.2) is 0 Å². The highest BCUT2D eigenvalue weighted by molar-refractivity contribution is 6.42. The van der Waals surface area contributed by atoms with Gasteiger partial charge in [-0.3, -0.25) is 14.8 Å². The first kappa shape index (κ1) is 44.6. The lowest BCUT2D eigenvalue weighted by Gasteiger charge is -2.22. The van der Waals surface area contributed by atoms with E-state index in [2.05, 4.69) is 25.3 Å². The molecule has 0 spiro atoms. The van der Waals surface area contributed by atoms with Gasteiger partial charge in [-0.25, -0.2) is 18.7 Å². The Morgan fingerprint density at radius 3 is 1.80 bits per heavy atom. The fourth-order valence-electron chi connectivity index (χ4n) is 5.15. The second kappa shape index (κ2) is 20.9. The SMILES string of the molecule is Nc1cc(Cl)c(Cl)cn1.O=Cc1ccc(Cl)c(F)c1.Oc1c(C(Nc2cc(Cl)c(Cl)cn2)c2ccc(Cl)c(F)c2)ccc2cccnc12.Oc1cccc2cccnc12. The summed E-state index contributed by atoms with van der Waals surface area (Å²) in [6.45, 7) is 0. The van der Waals surface area contributed by atoms with Gasteiger partial charge in [-0.1, -0.05) is 118 Å². The topological polar surface area (TPSA) is 147 Å². The summed E-state index contributed by atoms with van der Waals surface area (Å²) in [6.07, 6.45) is 6.66. The summed E-state index contributed by atoms with van der Waals surface area (Å²) in [7, 11) is 0. The van der Waals surface area contributed by atoms with Crippen molar-refractivity contribution in [2.45, 2.75) is 6.04 Å². The predicted molar refractivity (Wildman–Crippen MR) is 233 cm³/mol. The van der Waals surface area contributed by atoms with Crippen molar-refractivity contribution in [3.63, 3.8) is 0 Å². The third-order valence-corrected chi connectivity index (χ3v) is 10.0. The zero-order chi connectivity index (χ0) is 42.6. The molecular weight excluding hydrogens is 887 g/mol. The van der Waals surface area contributed by atoms with Crippen molar-refractivity contribution in [1.29, 1.82) is 0 Å². The highest BCUT2D eigenvalue weighted by atomic mass is 35.5. The summed E-state index contributed by atoms with van der Waals surface area (Å²) in [4.78, 5) is 26.3. The van der Waals surface area contributed by atoms with Crippen molar-refractivity contribution in [1.82, 2.24) is 19.9 Å². The number of carbonyl (C=O) groups excluding carboxylic acids is 1. The van der Waals surface area contributed by atoms with Crippen LogP contribution in [0.4, 0.5) is 20.4 Å². The fraction of sp³-hybridized carbons (Fsp3) is 0.0238. The van der Waals surface area contributed by atoms with E-state index in [1.165, 1.54) is 42.7 Å². The number of rotatable bonds is 5. The number of aldehydes is 1. The van der Waals surface area contributed by atoms with Crippen LogP contribution in [0, 0.1) is 11.6 Å². The highest BCUT2D eigenvalue weighted by Crippen LogP contribution is 2.37. The van der Waals surface area contributed by atoms with E-state index < -0.39 is 17.7 Å². The van der Waals surface area contributed by atoms with Crippen LogP contribution in [0.1, 0.15) is 27.5 Å². The smallest absolute Gasteiger partial charge is 0.150 e. The number of benzene rings is 4. The van der Waals surface area contributed by atoms with E-state index in [1.807, 2.05) is 30.3 Å². The summed E-state index contributed by atoms with van der Waals surface area (Å²) in [5, 5.41) is 26.6. The average Bonchev–Trinajstić information content (AvgIpc) is 3.23. The molecule has 17 heteroatoms. The van der Waals surface area contributed by atoms with Gasteiger partial charge >= 0.3 is 0 Å². The molecule has 4 heterocycles. The number of nitrogen functional groups attached to an aromatic ring is 1. The Labute approximate surface area is 365 Å². The Kier molecular flexibility index (Phi) is 15.8. The van der Waals surface area contributed by atoms with Crippen molar-refractivity contribution in [3.05, 3.63) is 186 Å². The number of anilines is 2. The molecule has 4 aromatic heterocycles. The van der Waals surface area contributed by atoms with Crippen molar-refractivity contribution >= 4 is 109 Å². The lowest BCUT2D eigenvalue weighted by atomic mass is 9.96. The Morgan fingerprint density at radius 2 is 1.20 bits per heavy atom. The minimum atomic E-state index is -0.655. The number of fused-ring (bicyclic) bond motifs is 2. The number of pyridine rings is 4. The number of nitrogens with two attached hydrogens (primary N) is 1. The molecule has 0 saturated heterocycles. The van der Waals surface area contributed by atoms with Crippen LogP contribution in [0.3, 0.4) is 0 Å². The summed E-state index contributed by atoms with van der Waals surface area (Å²) in [5.41, 5.74) is 7.69. The summed E-state index contributed by atoms with van der Waals surface area (Å²) >= 11 is 34.3. The van der Waals surface area contributed by atoms with Crippen LogP contribution >= 0.6 is 69.6 Å². The zero-order valence-electron chi connectivity index (χ0n) is 30.0. The Morgan fingerprint density at radius 1 is 0.610 bits per heavy atom. The maximum absolute atomic E-state index is 14.2. The highest BCUT2D eigenvalue weighted by Gasteiger charge is 2.22. The molecule has 0 aliphatic carbocycles. The molecule has 300 valence electrons. The molecule has 9 nitrogen and oxygen atoms in total. The summed E-state index contributed by atoms with van der Waals surface area (Å²) < 4.78 is 26.7. The van der Waals surface area contributed by atoms with Gasteiger partial charge in [0.2, 0.25) is 0 Å². The van der Waals surface area contributed by atoms with Gasteiger partial charge in [-0.05, 0) is 48.0 Å². The molecule has 0 radical (unpaired) electrons. The molecule has 1 unspecified atom stereocenters. The molecule has 59 heavy (non-hydrogen) atoms. The zero-order valence-corrected chi connectivity index (χ0v) is 34.5. The van der Waals surface area contributed by atoms with Crippen molar-refractivity contribution in [2.24, 2.45) is 0 Å². The lowest BCUT2D eigenvalue weighted by molar-refractivity contribution is 0.112. The first-order valence-corrected chi connectivity index (χ1v) is 19.1. The van der Waals surface area contributed by atoms with E-state index in [-0.39, 0.29) is 21.5 Å². The third-order valence-electron chi connectivity index (χ3n) is 7.99. The average molecular weight is 915 g/mol. The van der Waals surface area contributed by atoms with Gasteiger partial charge in [0.1, 0.15) is 52.1 Å². The van der Waals surface area contributed by atoms with Gasteiger partial charge in [-0.2, -0.15) is 0 Å². The van der Waals surface area contributed by atoms with Crippen molar-refractivity contribution < 1.29 is 23.8 Å².